The van der Waals surface area contributed by atoms with Crippen molar-refractivity contribution in [1.29, 1.82) is 0 Å². The third-order valence-electron chi connectivity index (χ3n) is 6.39. The minimum Gasteiger partial charge on any atom is -0.396 e. The number of sulfonamides is 1. The molecule has 15 heteroatoms. The third-order valence-corrected chi connectivity index (χ3v) is 9.01. The van der Waals surface area contributed by atoms with Gasteiger partial charge in [-0.05, 0) is 31.0 Å². The van der Waals surface area contributed by atoms with E-state index in [0.29, 0.717) is 45.2 Å². The minimum absolute atomic E-state index is 0.0983. The first-order chi connectivity index (χ1) is 18.7. The van der Waals surface area contributed by atoms with Crippen molar-refractivity contribution in [2.75, 3.05) is 18.9 Å². The van der Waals surface area contributed by atoms with E-state index in [0.717, 1.165) is 12.3 Å². The summed E-state index contributed by atoms with van der Waals surface area (Å²) in [6, 6.07) is 3.92. The summed E-state index contributed by atoms with van der Waals surface area (Å²) in [5.41, 5.74) is 1.75. The monoisotopic (exact) mass is 600 g/mol. The summed E-state index contributed by atoms with van der Waals surface area (Å²) in [6.07, 6.45) is 3.65. The highest BCUT2D eigenvalue weighted by molar-refractivity contribution is 7.89. The molecule has 0 bridgehead atoms. The number of aromatic nitrogens is 3. The summed E-state index contributed by atoms with van der Waals surface area (Å²) in [6.45, 7) is -2.75. The highest BCUT2D eigenvalue weighted by atomic mass is 35.5. The maximum atomic E-state index is 13.9. The fraction of sp³-hybridized carbons (Fsp3) is 0.375. The van der Waals surface area contributed by atoms with Crippen LogP contribution >= 0.6 is 22.9 Å². The van der Waals surface area contributed by atoms with Gasteiger partial charge < -0.3 is 10.0 Å². The quantitative estimate of drug-likeness (QED) is 0.337. The number of thiazole rings is 1. The van der Waals surface area contributed by atoms with Crippen molar-refractivity contribution >= 4 is 44.4 Å². The van der Waals surface area contributed by atoms with Crippen LogP contribution in [0.15, 0.2) is 52.7 Å². The number of hydrogen-bond donors (Lipinski definition) is 2. The Bertz CT molecular complexity index is 1510. The largest absolute Gasteiger partial charge is 0.396 e. The smallest absolute Gasteiger partial charge is 0.333 e. The highest BCUT2D eigenvalue weighted by Crippen LogP contribution is 2.46. The number of halogens is 4. The Kier molecular flexibility index (Phi) is 8.10. The topological polar surface area (TPSA) is 113 Å². The molecule has 2 N–H and O–H groups in total. The molecule has 2 aliphatic rings. The molecular weight excluding hydrogens is 577 g/mol. The summed E-state index contributed by atoms with van der Waals surface area (Å²) in [4.78, 5) is 11.1. The Morgan fingerprint density at radius 3 is 2.74 bits per heavy atom. The fourth-order valence-corrected chi connectivity index (χ4v) is 7.03. The number of rotatable bonds is 10. The summed E-state index contributed by atoms with van der Waals surface area (Å²) in [7, 11) is -3.66. The van der Waals surface area contributed by atoms with Crippen LogP contribution in [0, 0.1) is 5.82 Å². The van der Waals surface area contributed by atoms with Gasteiger partial charge in [-0.1, -0.05) is 17.7 Å². The molecule has 9 nitrogen and oxygen atoms in total. The van der Waals surface area contributed by atoms with Crippen molar-refractivity contribution in [2.24, 2.45) is 4.99 Å². The van der Waals surface area contributed by atoms with E-state index in [1.165, 1.54) is 29.5 Å². The summed E-state index contributed by atoms with van der Waals surface area (Å²) < 4.78 is 69.6. The first-order valence-corrected chi connectivity index (χ1v) is 15.0. The summed E-state index contributed by atoms with van der Waals surface area (Å²) in [5.74, 6) is -0.224. The molecule has 208 valence electrons. The van der Waals surface area contributed by atoms with Gasteiger partial charge in [0, 0.05) is 65.2 Å². The number of fused-ring (bicyclic) bond motifs is 1. The number of nitrogens with one attached hydrogen (secondary N) is 1. The van der Waals surface area contributed by atoms with Crippen molar-refractivity contribution in [3.05, 3.63) is 74.8 Å². The predicted octanol–water partition coefficient (Wildman–Crippen LogP) is 4.21. The lowest BCUT2D eigenvalue weighted by atomic mass is 9.92. The summed E-state index contributed by atoms with van der Waals surface area (Å²) >= 11 is 7.78. The lowest BCUT2D eigenvalue weighted by Crippen LogP contribution is -2.40. The van der Waals surface area contributed by atoms with E-state index < -0.39 is 34.5 Å². The molecule has 2 atom stereocenters. The standard InChI is InChI=1S/C24H24ClF3N6O3S2/c25-17-11-14(26)3-4-16(17)21-20(18-5-7-34(31-18)24(27)28)19-12-15(32-39(36,37)10-2-1-8-35)13-33(19)22(30-21)23-29-6-9-38-23/h3-7,9,11,15,21,24,32,35H,1-2,8,10,12-13H2/t15-,21-/m0/s1. The number of unbranched alkanes of at least 4 members (excludes halogenated alkanes) is 1. The van der Waals surface area contributed by atoms with Gasteiger partial charge in [-0.15, -0.1) is 11.3 Å². The van der Waals surface area contributed by atoms with Crippen LogP contribution < -0.4 is 4.72 Å². The van der Waals surface area contributed by atoms with Crippen LogP contribution in [-0.4, -0.2) is 64.0 Å². The van der Waals surface area contributed by atoms with Gasteiger partial charge in [0.25, 0.3) is 0 Å². The van der Waals surface area contributed by atoms with Gasteiger partial charge in [0.15, 0.2) is 10.8 Å². The van der Waals surface area contributed by atoms with Crippen molar-refractivity contribution in [2.45, 2.75) is 37.9 Å². The second-order valence-electron chi connectivity index (χ2n) is 9.06. The Hall–Kier alpha value is -2.78. The molecule has 2 aliphatic heterocycles. The molecule has 5 rings (SSSR count). The number of aliphatic hydroxyl groups is 1. The molecule has 1 fully saturated rings. The van der Waals surface area contributed by atoms with E-state index >= 15 is 0 Å². The van der Waals surface area contributed by atoms with Crippen LogP contribution in [0.1, 0.15) is 48.1 Å². The number of hydrogen-bond acceptors (Lipinski definition) is 8. The van der Waals surface area contributed by atoms with Gasteiger partial charge in [-0.3, -0.25) is 4.99 Å². The SMILES string of the molecule is O=S(=O)(CCCCO)N[C@H]1CC2=C(c3ccn(C(F)F)n3)[C@H](c3ccc(F)cc3Cl)N=C(c3nccs3)N2C1. The molecule has 0 unspecified atom stereocenters. The molecule has 3 aromatic rings. The Labute approximate surface area is 231 Å². The normalized spacial score (nSPS) is 19.6. The maximum Gasteiger partial charge on any atom is 0.333 e. The minimum atomic E-state index is -3.66. The zero-order chi connectivity index (χ0) is 27.7. The number of aliphatic imine (C=N–C) groups is 1. The van der Waals surface area contributed by atoms with Crippen molar-refractivity contribution < 1.29 is 26.7 Å². The molecule has 0 spiro atoms. The van der Waals surface area contributed by atoms with Gasteiger partial charge in [0.05, 0.1) is 11.4 Å². The molecule has 0 radical (unpaired) electrons. The van der Waals surface area contributed by atoms with Gasteiger partial charge in [-0.2, -0.15) is 13.9 Å². The molecule has 1 saturated heterocycles. The molecular formula is C24H24ClF3N6O3S2. The molecule has 0 amide bonds. The average molecular weight is 601 g/mol. The molecule has 0 aliphatic carbocycles. The van der Waals surface area contributed by atoms with Crippen molar-refractivity contribution in [1.82, 2.24) is 24.4 Å². The van der Waals surface area contributed by atoms with E-state index in [2.05, 4.69) is 14.8 Å². The van der Waals surface area contributed by atoms with Gasteiger partial charge in [0.1, 0.15) is 11.9 Å². The van der Waals surface area contributed by atoms with Crippen molar-refractivity contribution in [3.63, 3.8) is 0 Å². The Morgan fingerprint density at radius 2 is 2.08 bits per heavy atom. The van der Waals surface area contributed by atoms with Gasteiger partial charge in [-0.25, -0.2) is 27.2 Å². The van der Waals surface area contributed by atoms with E-state index in [4.69, 9.17) is 21.7 Å². The first-order valence-electron chi connectivity index (χ1n) is 12.0. The van der Waals surface area contributed by atoms with Crippen LogP contribution in [0.25, 0.3) is 5.57 Å². The zero-order valence-corrected chi connectivity index (χ0v) is 22.7. The second-order valence-corrected chi connectivity index (χ2v) is 12.2. The van der Waals surface area contributed by atoms with Gasteiger partial charge in [0.2, 0.25) is 10.0 Å². The number of alkyl halides is 2. The third kappa shape index (κ3) is 5.89. The fourth-order valence-electron chi connectivity index (χ4n) is 4.75. The Morgan fingerprint density at radius 1 is 1.26 bits per heavy atom. The van der Waals surface area contributed by atoms with Crippen LogP contribution in [0.3, 0.4) is 0 Å². The molecule has 0 saturated carbocycles. The summed E-state index contributed by atoms with van der Waals surface area (Å²) in [5, 5.41) is 15.5. The number of aliphatic hydroxyl groups excluding tert-OH is 1. The maximum absolute atomic E-state index is 13.9. The average Bonchev–Trinajstić information content (AvgIpc) is 3.64. The van der Waals surface area contributed by atoms with Crippen LogP contribution in [-0.2, 0) is 10.0 Å². The zero-order valence-electron chi connectivity index (χ0n) is 20.3. The second kappa shape index (κ2) is 11.4. The number of benzene rings is 1. The van der Waals surface area contributed by atoms with Crippen LogP contribution in [0.5, 0.6) is 0 Å². The molecule has 2 aromatic heterocycles. The lowest BCUT2D eigenvalue weighted by Gasteiger charge is -2.32. The van der Waals surface area contributed by atoms with E-state index in [-0.39, 0.29) is 36.0 Å². The first kappa shape index (κ1) is 27.8. The van der Waals surface area contributed by atoms with E-state index in [1.807, 2.05) is 4.90 Å². The van der Waals surface area contributed by atoms with Gasteiger partial charge >= 0.3 is 6.55 Å². The van der Waals surface area contributed by atoms with E-state index in [1.54, 1.807) is 11.6 Å². The molecule has 1 aromatic carbocycles. The highest BCUT2D eigenvalue weighted by Gasteiger charge is 2.41. The Balaban J connectivity index is 1.62. The number of amidine groups is 1. The molecule has 4 heterocycles. The van der Waals surface area contributed by atoms with Crippen molar-refractivity contribution in [3.8, 4) is 0 Å². The van der Waals surface area contributed by atoms with E-state index in [9.17, 15) is 21.6 Å². The number of nitrogens with zero attached hydrogens (tertiary/aromatic N) is 5. The predicted molar refractivity (Wildman–Crippen MR) is 142 cm³/mol. The van der Waals surface area contributed by atoms with Crippen LogP contribution in [0.4, 0.5) is 13.2 Å². The lowest BCUT2D eigenvalue weighted by molar-refractivity contribution is 0.0564. The van der Waals surface area contributed by atoms with Crippen LogP contribution in [0.2, 0.25) is 5.02 Å². The molecule has 39 heavy (non-hydrogen) atoms.